The fourth-order valence-corrected chi connectivity index (χ4v) is 4.33. The van der Waals surface area contributed by atoms with E-state index < -0.39 is 11.7 Å². The molecule has 0 aliphatic rings. The number of pyridine rings is 1. The van der Waals surface area contributed by atoms with Crippen LogP contribution in [0.5, 0.6) is 0 Å². The number of rotatable bonds is 2. The Balaban J connectivity index is 1.86. The van der Waals surface area contributed by atoms with E-state index in [2.05, 4.69) is 0 Å². The first kappa shape index (κ1) is 20.2. The summed E-state index contributed by atoms with van der Waals surface area (Å²) in [5, 5.41) is 2.76. The van der Waals surface area contributed by atoms with Crippen molar-refractivity contribution in [2.24, 2.45) is 7.05 Å². The smallest absolute Gasteiger partial charge is 0.236 e. The maximum atomic E-state index is 14.0. The highest BCUT2D eigenvalue weighted by Crippen LogP contribution is 2.37. The van der Waals surface area contributed by atoms with Crippen molar-refractivity contribution in [3.8, 4) is 16.9 Å². The number of nitrogens with zero attached hydrogens (tertiary/aromatic N) is 2. The maximum absolute atomic E-state index is 14.0. The number of halogens is 3. The molecule has 5 aromatic rings. The van der Waals surface area contributed by atoms with Gasteiger partial charge in [-0.25, -0.2) is 4.52 Å². The van der Waals surface area contributed by atoms with Crippen LogP contribution >= 0.6 is 0 Å². The number of benzene rings is 3. The molecule has 0 saturated carbocycles. The molecule has 3 aromatic carbocycles. The van der Waals surface area contributed by atoms with Gasteiger partial charge in [0.2, 0.25) is 11.3 Å². The summed E-state index contributed by atoms with van der Waals surface area (Å²) < 4.78 is 51.1. The van der Waals surface area contributed by atoms with Gasteiger partial charge in [-0.2, -0.15) is 17.7 Å². The number of alkyl halides is 3. The lowest BCUT2D eigenvalue weighted by Gasteiger charge is -2.12. The number of fused-ring (bicyclic) bond motifs is 2. The lowest BCUT2D eigenvalue weighted by molar-refractivity contribution is -0.832. The van der Waals surface area contributed by atoms with Crippen molar-refractivity contribution in [2.75, 3.05) is 0 Å². The predicted octanol–water partition coefficient (Wildman–Crippen LogP) is 5.99. The van der Waals surface area contributed by atoms with Gasteiger partial charge in [0.15, 0.2) is 18.9 Å². The van der Waals surface area contributed by atoms with Crippen molar-refractivity contribution in [3.05, 3.63) is 89.7 Å². The van der Waals surface area contributed by atoms with Gasteiger partial charge in [0.25, 0.3) is 5.69 Å². The minimum absolute atomic E-state index is 0.488. The lowest BCUT2D eigenvalue weighted by atomic mass is 9.97. The molecule has 0 fully saturated rings. The third-order valence-electron chi connectivity index (χ3n) is 5.92. The van der Waals surface area contributed by atoms with E-state index in [1.807, 2.05) is 79.2 Å². The molecule has 0 aliphatic heterocycles. The second-order valence-corrected chi connectivity index (χ2v) is 8.01. The molecule has 0 atom stereocenters. The molecule has 2 aromatic heterocycles. The highest BCUT2D eigenvalue weighted by Gasteiger charge is 2.36. The van der Waals surface area contributed by atoms with Crippen LogP contribution in [0.2, 0.25) is 0 Å². The number of hydrogen-bond donors (Lipinski definition) is 0. The zero-order chi connectivity index (χ0) is 22.6. The largest absolute Gasteiger partial charge is 0.416 e. The van der Waals surface area contributed by atoms with Gasteiger partial charge < -0.3 is 0 Å². The molecule has 160 valence electrons. The SMILES string of the molecule is Cc1c(-c2c3ccccc3o[n+]2C)cc(C(F)(F)F)cc1-[n+]1cc2ccccc2cc1C. The van der Waals surface area contributed by atoms with Crippen LogP contribution in [0.4, 0.5) is 13.2 Å². The van der Waals surface area contributed by atoms with Gasteiger partial charge in [-0.15, -0.1) is 0 Å². The molecule has 2 heterocycles. The van der Waals surface area contributed by atoms with Gasteiger partial charge >= 0.3 is 6.18 Å². The maximum Gasteiger partial charge on any atom is 0.416 e. The fraction of sp³-hybridized carbons (Fsp3) is 0.154. The van der Waals surface area contributed by atoms with Gasteiger partial charge in [-0.3, -0.25) is 0 Å². The topological polar surface area (TPSA) is 20.9 Å². The molecule has 6 heteroatoms. The van der Waals surface area contributed by atoms with E-state index in [-0.39, 0.29) is 0 Å². The summed E-state index contributed by atoms with van der Waals surface area (Å²) in [6.07, 6.45) is -2.59. The molecule has 0 radical (unpaired) electrons. The first-order valence-corrected chi connectivity index (χ1v) is 10.3. The highest BCUT2D eigenvalue weighted by molar-refractivity contribution is 5.91. The number of para-hydroxylation sites is 1. The van der Waals surface area contributed by atoms with Crippen LogP contribution in [0.3, 0.4) is 0 Å². The number of aromatic nitrogens is 2. The Morgan fingerprint density at radius 3 is 2.28 bits per heavy atom. The molecular formula is C26H21F3N2O+2. The molecule has 0 amide bonds. The molecule has 0 saturated heterocycles. The van der Waals surface area contributed by atoms with E-state index >= 15 is 0 Å². The standard InChI is InChI=1S/C26H21F3N2O/c1-16-12-18-8-4-5-9-19(18)15-31(16)23-14-20(26(27,28)29)13-22(17(23)2)25-21-10-6-7-11-24(21)32-30(25)3/h4-15H,1-3H3/q+2. The summed E-state index contributed by atoms with van der Waals surface area (Å²) >= 11 is 0. The highest BCUT2D eigenvalue weighted by atomic mass is 19.4. The molecule has 0 bridgehead atoms. The Kier molecular flexibility index (Phi) is 4.55. The van der Waals surface area contributed by atoms with Crippen LogP contribution in [-0.4, -0.2) is 0 Å². The Hall–Kier alpha value is -3.67. The van der Waals surface area contributed by atoms with Crippen LogP contribution in [0.25, 0.3) is 38.7 Å². The molecule has 0 unspecified atom stereocenters. The van der Waals surface area contributed by atoms with E-state index in [1.165, 1.54) is 16.9 Å². The Morgan fingerprint density at radius 1 is 0.844 bits per heavy atom. The third kappa shape index (κ3) is 3.23. The molecule has 0 aliphatic carbocycles. The number of hydrogen-bond acceptors (Lipinski definition) is 1. The summed E-state index contributed by atoms with van der Waals surface area (Å²) in [6.45, 7) is 3.76. The summed E-state index contributed by atoms with van der Waals surface area (Å²) in [5.41, 5.74) is 3.11. The molecule has 0 N–H and O–H groups in total. The van der Waals surface area contributed by atoms with Crippen LogP contribution < -0.4 is 9.31 Å². The predicted molar refractivity (Wildman–Crippen MR) is 116 cm³/mol. The van der Waals surface area contributed by atoms with Crippen LogP contribution in [0, 0.1) is 13.8 Å². The monoisotopic (exact) mass is 434 g/mol. The first-order chi connectivity index (χ1) is 15.2. The van der Waals surface area contributed by atoms with E-state index in [4.69, 9.17) is 4.52 Å². The minimum atomic E-state index is -4.49. The normalized spacial score (nSPS) is 12.1. The summed E-state index contributed by atoms with van der Waals surface area (Å²) in [6, 6.07) is 19.6. The molecule has 5 rings (SSSR count). The first-order valence-electron chi connectivity index (χ1n) is 10.3. The Labute approximate surface area is 182 Å². The average Bonchev–Trinajstić information content (AvgIpc) is 3.08. The minimum Gasteiger partial charge on any atom is -0.236 e. The van der Waals surface area contributed by atoms with E-state index in [0.29, 0.717) is 22.5 Å². The van der Waals surface area contributed by atoms with E-state index in [1.54, 1.807) is 7.05 Å². The molecular weight excluding hydrogens is 413 g/mol. The Morgan fingerprint density at radius 2 is 1.53 bits per heavy atom. The van der Waals surface area contributed by atoms with Crippen LogP contribution in [-0.2, 0) is 13.2 Å². The summed E-state index contributed by atoms with van der Waals surface area (Å²) in [5.74, 6) is 0. The zero-order valence-corrected chi connectivity index (χ0v) is 17.9. The number of aryl methyl sites for hydroxylation is 2. The molecule has 32 heavy (non-hydrogen) atoms. The zero-order valence-electron chi connectivity index (χ0n) is 17.9. The fourth-order valence-electron chi connectivity index (χ4n) is 4.33. The van der Waals surface area contributed by atoms with Gasteiger partial charge in [0, 0.05) is 30.0 Å². The van der Waals surface area contributed by atoms with Gasteiger partial charge in [-0.1, -0.05) is 30.3 Å². The van der Waals surface area contributed by atoms with Crippen molar-refractivity contribution >= 4 is 21.7 Å². The summed E-state index contributed by atoms with van der Waals surface area (Å²) in [4.78, 5) is 0. The third-order valence-corrected chi connectivity index (χ3v) is 5.92. The van der Waals surface area contributed by atoms with E-state index in [9.17, 15) is 13.2 Å². The van der Waals surface area contributed by atoms with Crippen molar-refractivity contribution < 1.29 is 27.0 Å². The summed E-state index contributed by atoms with van der Waals surface area (Å²) in [7, 11) is 1.71. The van der Waals surface area contributed by atoms with Crippen molar-refractivity contribution in [1.82, 2.24) is 0 Å². The van der Waals surface area contributed by atoms with Crippen LogP contribution in [0.1, 0.15) is 16.8 Å². The van der Waals surface area contributed by atoms with Crippen molar-refractivity contribution in [3.63, 3.8) is 0 Å². The van der Waals surface area contributed by atoms with Crippen LogP contribution in [0.15, 0.2) is 77.4 Å². The van der Waals surface area contributed by atoms with Gasteiger partial charge in [-0.05, 0) is 41.3 Å². The van der Waals surface area contributed by atoms with Crippen molar-refractivity contribution in [2.45, 2.75) is 20.0 Å². The molecule has 0 spiro atoms. The second kappa shape index (κ2) is 7.19. The van der Waals surface area contributed by atoms with E-state index in [0.717, 1.165) is 27.4 Å². The van der Waals surface area contributed by atoms with Gasteiger partial charge in [0.05, 0.1) is 11.1 Å². The lowest BCUT2D eigenvalue weighted by Crippen LogP contribution is -2.36. The average molecular weight is 434 g/mol. The Bertz CT molecular complexity index is 1500. The van der Waals surface area contributed by atoms with Crippen molar-refractivity contribution in [1.29, 1.82) is 0 Å². The quantitative estimate of drug-likeness (QED) is 0.313. The molecule has 3 nitrogen and oxygen atoms in total. The second-order valence-electron chi connectivity index (χ2n) is 8.01. The van der Waals surface area contributed by atoms with Gasteiger partial charge in [0.1, 0.15) is 5.39 Å².